The molecule has 0 fully saturated rings. The van der Waals surface area contributed by atoms with Crippen LogP contribution in [0.15, 0.2) is 0 Å². The maximum absolute atomic E-state index is 11.0. The van der Waals surface area contributed by atoms with Gasteiger partial charge in [0, 0.05) is 0 Å². The molecule has 0 aliphatic heterocycles. The van der Waals surface area contributed by atoms with E-state index in [4.69, 9.17) is 4.10 Å². The van der Waals surface area contributed by atoms with E-state index in [2.05, 4.69) is 0 Å². The standard InChI is InChI=1S/C2HAsF6O/c4-1(5,6)3(10)2(7,8)9/h10H. The van der Waals surface area contributed by atoms with Crippen LogP contribution in [0.3, 0.4) is 0 Å². The molecule has 8 heteroatoms. The van der Waals surface area contributed by atoms with Gasteiger partial charge in [0.2, 0.25) is 0 Å². The fourth-order valence-electron chi connectivity index (χ4n) is 0.144. The Morgan fingerprint density at radius 2 is 1.00 bits per heavy atom. The molecule has 0 unspecified atom stereocenters. The second-order valence-corrected chi connectivity index (χ2v) is 4.68. The summed E-state index contributed by atoms with van der Waals surface area (Å²) in [5, 5.41) is 0. The Balaban J connectivity index is 4.23. The van der Waals surface area contributed by atoms with E-state index in [1.807, 2.05) is 0 Å². The van der Waals surface area contributed by atoms with Crippen molar-refractivity contribution >= 4 is 15.0 Å². The molecular formula is C2HAsF6O. The van der Waals surface area contributed by atoms with Gasteiger partial charge in [0.1, 0.15) is 0 Å². The summed E-state index contributed by atoms with van der Waals surface area (Å²) in [4.78, 5) is -11.0. The fraction of sp³-hybridized carbons (Fsp3) is 1.00. The summed E-state index contributed by atoms with van der Waals surface area (Å²) in [6.45, 7) is 0. The molecule has 0 saturated heterocycles. The van der Waals surface area contributed by atoms with E-state index in [1.165, 1.54) is 0 Å². The van der Waals surface area contributed by atoms with Crippen molar-refractivity contribution in [2.45, 2.75) is 9.93 Å². The number of alkyl halides is 6. The van der Waals surface area contributed by atoms with Gasteiger partial charge in [-0.2, -0.15) is 0 Å². The summed E-state index contributed by atoms with van der Waals surface area (Å²) in [7, 11) is 0. The van der Waals surface area contributed by atoms with Crippen molar-refractivity contribution in [3.05, 3.63) is 0 Å². The van der Waals surface area contributed by atoms with Gasteiger partial charge in [-0.05, 0) is 0 Å². The van der Waals surface area contributed by atoms with Crippen molar-refractivity contribution in [2.24, 2.45) is 0 Å². The molecule has 0 saturated carbocycles. The van der Waals surface area contributed by atoms with Crippen LogP contribution in [0.25, 0.3) is 0 Å². The fourth-order valence-corrected chi connectivity index (χ4v) is 0.747. The number of hydrogen-bond acceptors (Lipinski definition) is 1. The molecule has 62 valence electrons. The SMILES string of the molecule is O[As](C(F)(F)F)C(F)(F)F. The van der Waals surface area contributed by atoms with Gasteiger partial charge in [0.15, 0.2) is 0 Å². The van der Waals surface area contributed by atoms with Crippen molar-refractivity contribution in [3.63, 3.8) is 0 Å². The monoisotopic (exact) mass is 230 g/mol. The summed E-state index contributed by atoms with van der Waals surface area (Å²) < 4.78 is 73.9. The van der Waals surface area contributed by atoms with Gasteiger partial charge in [-0.25, -0.2) is 0 Å². The number of hydrogen-bond donors (Lipinski definition) is 1. The van der Waals surface area contributed by atoms with Gasteiger partial charge in [0.25, 0.3) is 0 Å². The Kier molecular flexibility index (Phi) is 2.64. The van der Waals surface area contributed by atoms with Gasteiger partial charge in [-0.1, -0.05) is 0 Å². The molecule has 0 aromatic heterocycles. The van der Waals surface area contributed by atoms with E-state index in [0.717, 1.165) is 0 Å². The second kappa shape index (κ2) is 2.62. The van der Waals surface area contributed by atoms with Crippen LogP contribution >= 0.6 is 0 Å². The molecule has 10 heavy (non-hydrogen) atoms. The van der Waals surface area contributed by atoms with Crippen LogP contribution in [0.2, 0.25) is 0 Å². The first-order valence-corrected chi connectivity index (χ1v) is 4.50. The van der Waals surface area contributed by atoms with Gasteiger partial charge in [0.05, 0.1) is 0 Å². The first-order valence-electron chi connectivity index (χ1n) is 1.78. The van der Waals surface area contributed by atoms with Crippen LogP contribution in [0.4, 0.5) is 26.3 Å². The van der Waals surface area contributed by atoms with Crippen LogP contribution in [-0.2, 0) is 0 Å². The Morgan fingerprint density at radius 3 is 1.00 bits per heavy atom. The van der Waals surface area contributed by atoms with Crippen LogP contribution < -0.4 is 0 Å². The van der Waals surface area contributed by atoms with Gasteiger partial charge >= 0.3 is 55.4 Å². The molecule has 0 aliphatic carbocycles. The van der Waals surface area contributed by atoms with E-state index in [1.54, 1.807) is 0 Å². The van der Waals surface area contributed by atoms with Crippen LogP contribution in [0.5, 0.6) is 0 Å². The zero-order chi connectivity index (χ0) is 8.58. The normalized spacial score (nSPS) is 14.4. The molecule has 0 aliphatic rings. The summed E-state index contributed by atoms with van der Waals surface area (Å²) in [5.74, 6) is 0. The average molecular weight is 230 g/mol. The molecule has 0 spiro atoms. The minimum absolute atomic E-state index is 5.48. The van der Waals surface area contributed by atoms with Gasteiger partial charge < -0.3 is 0 Å². The molecule has 1 N–H and O–H groups in total. The molecular weight excluding hydrogens is 229 g/mol. The van der Waals surface area contributed by atoms with Crippen LogP contribution in [-0.4, -0.2) is 29.0 Å². The van der Waals surface area contributed by atoms with Crippen LogP contribution in [0.1, 0.15) is 0 Å². The van der Waals surface area contributed by atoms with E-state index >= 15 is 0 Å². The van der Waals surface area contributed by atoms with Crippen molar-refractivity contribution in [1.29, 1.82) is 0 Å². The molecule has 0 radical (unpaired) electrons. The maximum atomic E-state index is 11.0. The zero-order valence-electron chi connectivity index (χ0n) is 4.16. The minimum atomic E-state index is -5.65. The Bertz CT molecular complexity index is 99.9. The zero-order valence-corrected chi connectivity index (χ0v) is 6.04. The van der Waals surface area contributed by atoms with E-state index in [9.17, 15) is 26.3 Å². The number of halogens is 6. The third-order valence-electron chi connectivity index (χ3n) is 0.480. The molecule has 0 aromatic carbocycles. The van der Waals surface area contributed by atoms with E-state index in [0.29, 0.717) is 0 Å². The van der Waals surface area contributed by atoms with Crippen molar-refractivity contribution in [2.75, 3.05) is 0 Å². The van der Waals surface area contributed by atoms with Crippen molar-refractivity contribution < 1.29 is 30.4 Å². The Morgan fingerprint density at radius 1 is 0.800 bits per heavy atom. The molecule has 0 heterocycles. The topological polar surface area (TPSA) is 20.2 Å². The first kappa shape index (κ1) is 10.1. The second-order valence-electron chi connectivity index (χ2n) is 1.25. The molecule has 0 bridgehead atoms. The van der Waals surface area contributed by atoms with Gasteiger partial charge in [-0.3, -0.25) is 0 Å². The first-order chi connectivity index (χ1) is 4.15. The molecule has 0 aromatic rings. The van der Waals surface area contributed by atoms with Crippen molar-refractivity contribution in [1.82, 2.24) is 0 Å². The molecule has 0 amide bonds. The predicted molar refractivity (Wildman–Crippen MR) is 20.1 cm³/mol. The number of rotatable bonds is 0. The third kappa shape index (κ3) is 2.79. The van der Waals surface area contributed by atoms with Crippen molar-refractivity contribution in [3.8, 4) is 0 Å². The van der Waals surface area contributed by atoms with E-state index < -0.39 is 24.9 Å². The predicted octanol–water partition coefficient (Wildman–Crippen LogP) is 1.17. The summed E-state index contributed by atoms with van der Waals surface area (Å²) >= 11 is -5.65. The summed E-state index contributed by atoms with van der Waals surface area (Å²) in [6, 6.07) is 0. The summed E-state index contributed by atoms with van der Waals surface area (Å²) in [6.07, 6.45) is 0. The quantitative estimate of drug-likeness (QED) is 0.489. The Labute approximate surface area is 56.2 Å². The summed E-state index contributed by atoms with van der Waals surface area (Å²) in [5.41, 5.74) is 0. The average Bonchev–Trinajstić information content (AvgIpc) is 1.59. The molecule has 0 rings (SSSR count). The van der Waals surface area contributed by atoms with E-state index in [-0.39, 0.29) is 0 Å². The molecule has 1 nitrogen and oxygen atoms in total. The Hall–Kier alpha value is 0.0984. The van der Waals surface area contributed by atoms with Crippen LogP contribution in [0, 0.1) is 0 Å². The van der Waals surface area contributed by atoms with Gasteiger partial charge in [-0.15, -0.1) is 0 Å². The third-order valence-corrected chi connectivity index (χ3v) is 2.50. The molecule has 0 atom stereocenters.